The average Bonchev–Trinajstić information content (AvgIpc) is 2.62. The Hall–Kier alpha value is -3.10. The quantitative estimate of drug-likeness (QED) is 0.539. The summed E-state index contributed by atoms with van der Waals surface area (Å²) < 4.78 is 22.5. The van der Waals surface area contributed by atoms with Crippen LogP contribution in [0.5, 0.6) is 5.75 Å². The van der Waals surface area contributed by atoms with E-state index >= 15 is 0 Å². The maximum Gasteiger partial charge on any atom is 0.319 e. The van der Waals surface area contributed by atoms with E-state index in [-0.39, 0.29) is 16.7 Å². The van der Waals surface area contributed by atoms with Gasteiger partial charge in [-0.2, -0.15) is 0 Å². The van der Waals surface area contributed by atoms with Crippen LogP contribution in [0.2, 0.25) is 0 Å². The molecule has 8 heteroatoms. The van der Waals surface area contributed by atoms with E-state index in [1.807, 2.05) is 12.1 Å². The van der Waals surface area contributed by atoms with Gasteiger partial charge in [-0.1, -0.05) is 30.3 Å². The number of rotatable bonds is 5. The van der Waals surface area contributed by atoms with E-state index in [4.69, 9.17) is 5.14 Å². The molecule has 0 aliphatic rings. The second-order valence-electron chi connectivity index (χ2n) is 6.03. The van der Waals surface area contributed by atoms with Crippen LogP contribution in [0, 0.1) is 0 Å². The van der Waals surface area contributed by atoms with Gasteiger partial charge in [-0.3, -0.25) is 0 Å². The number of carbonyl (C=O) groups is 1. The summed E-state index contributed by atoms with van der Waals surface area (Å²) in [5, 5.41) is 21.9. The fraction of sp³-hybridized carbons (Fsp3) is 0.105. The third-order valence-electron chi connectivity index (χ3n) is 4.07. The van der Waals surface area contributed by atoms with Crippen molar-refractivity contribution in [1.82, 2.24) is 5.32 Å². The Bertz CT molecular complexity index is 1080. The Labute approximate surface area is 156 Å². The average molecular weight is 385 g/mol. The zero-order chi connectivity index (χ0) is 19.4. The number of urea groups is 1. The van der Waals surface area contributed by atoms with Crippen LogP contribution in [0.15, 0.2) is 65.6 Å². The number of anilines is 1. The maximum absolute atomic E-state index is 12.1. The van der Waals surface area contributed by atoms with E-state index < -0.39 is 10.0 Å². The van der Waals surface area contributed by atoms with Crippen molar-refractivity contribution in [1.29, 1.82) is 0 Å². The molecule has 0 saturated heterocycles. The highest BCUT2D eigenvalue weighted by Gasteiger charge is 2.08. The zero-order valence-corrected chi connectivity index (χ0v) is 15.2. The van der Waals surface area contributed by atoms with Gasteiger partial charge in [-0.05, 0) is 47.7 Å². The molecule has 140 valence electrons. The monoisotopic (exact) mass is 385 g/mol. The van der Waals surface area contributed by atoms with Crippen LogP contribution in [0.4, 0.5) is 10.5 Å². The number of hydrogen-bond acceptors (Lipinski definition) is 4. The Kier molecular flexibility index (Phi) is 5.29. The van der Waals surface area contributed by atoms with Crippen LogP contribution in [-0.2, 0) is 16.4 Å². The summed E-state index contributed by atoms with van der Waals surface area (Å²) >= 11 is 0. The Morgan fingerprint density at radius 1 is 1.04 bits per heavy atom. The van der Waals surface area contributed by atoms with Gasteiger partial charge in [0.1, 0.15) is 5.75 Å². The first-order chi connectivity index (χ1) is 12.8. The number of sulfonamides is 1. The van der Waals surface area contributed by atoms with E-state index in [1.54, 1.807) is 36.4 Å². The van der Waals surface area contributed by atoms with Crippen LogP contribution in [0.3, 0.4) is 0 Å². The molecule has 0 aromatic heterocycles. The number of aromatic hydroxyl groups is 1. The molecule has 0 bridgehead atoms. The molecule has 0 spiro atoms. The van der Waals surface area contributed by atoms with Gasteiger partial charge in [0.2, 0.25) is 10.0 Å². The first-order valence-electron chi connectivity index (χ1n) is 8.21. The van der Waals surface area contributed by atoms with Crippen molar-refractivity contribution in [3.63, 3.8) is 0 Å². The fourth-order valence-electron chi connectivity index (χ4n) is 2.70. The predicted molar refractivity (Wildman–Crippen MR) is 104 cm³/mol. The molecule has 7 nitrogen and oxygen atoms in total. The largest absolute Gasteiger partial charge is 0.508 e. The summed E-state index contributed by atoms with van der Waals surface area (Å²) in [6.45, 7) is 0.372. The highest BCUT2D eigenvalue weighted by Crippen LogP contribution is 2.26. The fourth-order valence-corrected chi connectivity index (χ4v) is 3.22. The molecule has 3 aromatic rings. The third kappa shape index (κ3) is 4.75. The third-order valence-corrected chi connectivity index (χ3v) is 4.99. The Balaban J connectivity index is 1.58. The number of primary sulfonamides is 1. The molecule has 0 aliphatic carbocycles. The van der Waals surface area contributed by atoms with Crippen LogP contribution in [0.1, 0.15) is 5.56 Å². The van der Waals surface area contributed by atoms with E-state index in [1.165, 1.54) is 12.1 Å². The van der Waals surface area contributed by atoms with Crippen molar-refractivity contribution >= 4 is 32.5 Å². The van der Waals surface area contributed by atoms with Crippen LogP contribution in [0.25, 0.3) is 10.8 Å². The molecular formula is C19H19N3O4S. The SMILES string of the molecule is NS(=O)(=O)c1ccc(CCNC(=O)Nc2cccc3ccc(O)cc23)cc1. The lowest BCUT2D eigenvalue weighted by Crippen LogP contribution is -2.30. The molecule has 0 aliphatic heterocycles. The summed E-state index contributed by atoms with van der Waals surface area (Å²) in [6, 6.07) is 16.3. The minimum Gasteiger partial charge on any atom is -0.508 e. The summed E-state index contributed by atoms with van der Waals surface area (Å²) in [7, 11) is -3.71. The molecule has 0 saturated carbocycles. The van der Waals surface area contributed by atoms with Crippen LogP contribution >= 0.6 is 0 Å². The van der Waals surface area contributed by atoms with Gasteiger partial charge >= 0.3 is 6.03 Å². The molecular weight excluding hydrogens is 366 g/mol. The van der Waals surface area contributed by atoms with Crippen molar-refractivity contribution in [2.45, 2.75) is 11.3 Å². The number of phenols is 1. The molecule has 0 fully saturated rings. The second-order valence-corrected chi connectivity index (χ2v) is 7.59. The van der Waals surface area contributed by atoms with Gasteiger partial charge in [-0.15, -0.1) is 0 Å². The number of phenolic OH excluding ortho intramolecular Hbond substituents is 1. The topological polar surface area (TPSA) is 122 Å². The summed E-state index contributed by atoms with van der Waals surface area (Å²) in [5.41, 5.74) is 1.47. The minimum atomic E-state index is -3.71. The Morgan fingerprint density at radius 2 is 1.78 bits per heavy atom. The zero-order valence-electron chi connectivity index (χ0n) is 14.3. The maximum atomic E-state index is 12.1. The minimum absolute atomic E-state index is 0.0520. The van der Waals surface area contributed by atoms with E-state index in [0.717, 1.165) is 16.3 Å². The molecule has 0 heterocycles. The van der Waals surface area contributed by atoms with E-state index in [2.05, 4.69) is 10.6 Å². The predicted octanol–water partition coefficient (Wildman–Crippen LogP) is 2.56. The van der Waals surface area contributed by atoms with Gasteiger partial charge in [0.15, 0.2) is 0 Å². The first-order valence-corrected chi connectivity index (χ1v) is 9.76. The molecule has 2 amide bonds. The number of fused-ring (bicyclic) bond motifs is 1. The highest BCUT2D eigenvalue weighted by molar-refractivity contribution is 7.89. The summed E-state index contributed by atoms with van der Waals surface area (Å²) in [6.07, 6.45) is 0.536. The second kappa shape index (κ2) is 7.65. The smallest absolute Gasteiger partial charge is 0.319 e. The van der Waals surface area contributed by atoms with Crippen molar-refractivity contribution in [2.24, 2.45) is 5.14 Å². The highest BCUT2D eigenvalue weighted by atomic mass is 32.2. The van der Waals surface area contributed by atoms with E-state index in [9.17, 15) is 18.3 Å². The number of carbonyl (C=O) groups excluding carboxylic acids is 1. The van der Waals surface area contributed by atoms with Crippen molar-refractivity contribution < 1.29 is 18.3 Å². The van der Waals surface area contributed by atoms with Crippen molar-refractivity contribution in [3.8, 4) is 5.75 Å². The molecule has 0 atom stereocenters. The lowest BCUT2D eigenvalue weighted by molar-refractivity contribution is 0.252. The van der Waals surface area contributed by atoms with Crippen molar-refractivity contribution in [2.75, 3.05) is 11.9 Å². The van der Waals surface area contributed by atoms with Gasteiger partial charge < -0.3 is 15.7 Å². The molecule has 5 N–H and O–H groups in total. The van der Waals surface area contributed by atoms with Crippen LogP contribution in [-0.4, -0.2) is 26.1 Å². The number of benzene rings is 3. The summed E-state index contributed by atoms with van der Waals surface area (Å²) in [5.74, 6) is 0.125. The number of amides is 2. The number of hydrogen-bond donors (Lipinski definition) is 4. The summed E-state index contributed by atoms with van der Waals surface area (Å²) in [4.78, 5) is 12.2. The number of nitrogens with two attached hydrogens (primary N) is 1. The Morgan fingerprint density at radius 3 is 2.48 bits per heavy atom. The molecule has 27 heavy (non-hydrogen) atoms. The normalized spacial score (nSPS) is 11.3. The molecule has 0 unspecified atom stereocenters. The van der Waals surface area contributed by atoms with Crippen molar-refractivity contribution in [3.05, 3.63) is 66.2 Å². The van der Waals surface area contributed by atoms with E-state index in [0.29, 0.717) is 18.7 Å². The van der Waals surface area contributed by atoms with Gasteiger partial charge in [0, 0.05) is 11.9 Å². The molecule has 3 rings (SSSR count). The lowest BCUT2D eigenvalue weighted by atomic mass is 10.1. The first kappa shape index (κ1) is 18.7. The molecule has 0 radical (unpaired) electrons. The van der Waals surface area contributed by atoms with Gasteiger partial charge in [0.25, 0.3) is 0 Å². The number of nitrogens with one attached hydrogen (secondary N) is 2. The van der Waals surface area contributed by atoms with Crippen LogP contribution < -0.4 is 15.8 Å². The van der Waals surface area contributed by atoms with Gasteiger partial charge in [0.05, 0.1) is 10.6 Å². The molecule has 3 aromatic carbocycles. The lowest BCUT2D eigenvalue weighted by Gasteiger charge is -2.10. The standard InChI is InChI=1S/C19H19N3O4S/c20-27(25,26)16-8-4-13(5-9-16)10-11-21-19(24)22-18-3-1-2-14-6-7-15(23)12-17(14)18/h1-9,12,23H,10-11H2,(H2,20,25,26)(H2,21,22,24). The van der Waals surface area contributed by atoms with Gasteiger partial charge in [-0.25, -0.2) is 18.4 Å².